The zero-order valence-electron chi connectivity index (χ0n) is 6.58. The predicted molar refractivity (Wildman–Crippen MR) is 47.5 cm³/mol. The molecule has 60 valence electrons. The largest absolute Gasteiger partial charge is 0.366 e. The van der Waals surface area contributed by atoms with Crippen molar-refractivity contribution >= 4 is 5.91 Å². The Morgan fingerprint density at radius 3 is 2.75 bits per heavy atom. The van der Waals surface area contributed by atoms with Crippen LogP contribution in [0.1, 0.15) is 15.9 Å². The lowest BCUT2D eigenvalue weighted by Crippen LogP contribution is -2.13. The minimum Gasteiger partial charge on any atom is -0.366 e. The summed E-state index contributed by atoms with van der Waals surface area (Å²) in [6.45, 7) is 0. The monoisotopic (exact) mass is 159 g/mol. The molecule has 1 aromatic carbocycles. The van der Waals surface area contributed by atoms with Gasteiger partial charge in [-0.25, -0.2) is 0 Å². The maximum Gasteiger partial charge on any atom is 0.249 e. The first-order valence-corrected chi connectivity index (χ1v) is 3.57. The van der Waals surface area contributed by atoms with Crippen molar-refractivity contribution in [1.29, 1.82) is 0 Å². The average molecular weight is 159 g/mol. The molecule has 1 rings (SSSR count). The fraction of sp³-hybridized carbons (Fsp3) is 0.100. The van der Waals surface area contributed by atoms with Gasteiger partial charge in [-0.3, -0.25) is 4.79 Å². The van der Waals surface area contributed by atoms with Gasteiger partial charge in [-0.05, 0) is 11.6 Å². The number of hydrogen-bond acceptors (Lipinski definition) is 1. The summed E-state index contributed by atoms with van der Waals surface area (Å²) >= 11 is 0. The van der Waals surface area contributed by atoms with Gasteiger partial charge in [0.05, 0.1) is 0 Å². The second-order valence-electron chi connectivity index (χ2n) is 2.40. The van der Waals surface area contributed by atoms with Crippen LogP contribution in [-0.4, -0.2) is 5.91 Å². The van der Waals surface area contributed by atoms with Crippen LogP contribution in [0.4, 0.5) is 0 Å². The van der Waals surface area contributed by atoms with Crippen molar-refractivity contribution in [1.82, 2.24) is 0 Å². The van der Waals surface area contributed by atoms with Gasteiger partial charge in [-0.1, -0.05) is 18.2 Å². The third-order valence-electron chi connectivity index (χ3n) is 1.58. The molecular weight excluding hydrogens is 150 g/mol. The number of terminal acetylenes is 1. The van der Waals surface area contributed by atoms with E-state index in [9.17, 15) is 4.79 Å². The van der Waals surface area contributed by atoms with Crippen LogP contribution in [-0.2, 0) is 6.42 Å². The Morgan fingerprint density at radius 1 is 1.50 bits per heavy atom. The first-order chi connectivity index (χ1) is 5.75. The number of nitrogens with two attached hydrogens (primary N) is 1. The van der Waals surface area contributed by atoms with E-state index in [-0.39, 0.29) is 0 Å². The number of amides is 1. The topological polar surface area (TPSA) is 43.1 Å². The van der Waals surface area contributed by atoms with E-state index in [4.69, 9.17) is 12.2 Å². The van der Waals surface area contributed by atoms with Crippen LogP contribution in [0.2, 0.25) is 0 Å². The van der Waals surface area contributed by atoms with E-state index in [1.807, 2.05) is 6.07 Å². The molecule has 2 N–H and O–H groups in total. The fourth-order valence-corrected chi connectivity index (χ4v) is 1.02. The number of primary amides is 1. The summed E-state index contributed by atoms with van der Waals surface area (Å²) in [4.78, 5) is 10.9. The third kappa shape index (κ3) is 1.64. The van der Waals surface area contributed by atoms with E-state index in [1.165, 1.54) is 0 Å². The van der Waals surface area contributed by atoms with Crippen molar-refractivity contribution < 1.29 is 4.79 Å². The summed E-state index contributed by atoms with van der Waals surface area (Å²) in [7, 11) is 0. The molecule has 0 aliphatic carbocycles. The molecule has 0 saturated carbocycles. The molecule has 2 heteroatoms. The molecule has 0 saturated heterocycles. The molecule has 0 atom stereocenters. The molecule has 0 bridgehead atoms. The fourth-order valence-electron chi connectivity index (χ4n) is 1.02. The molecule has 0 unspecified atom stereocenters. The van der Waals surface area contributed by atoms with Gasteiger partial charge in [0.1, 0.15) is 0 Å². The molecule has 0 spiro atoms. The van der Waals surface area contributed by atoms with Gasteiger partial charge in [-0.15, -0.1) is 12.3 Å². The maximum atomic E-state index is 10.9. The third-order valence-corrected chi connectivity index (χ3v) is 1.58. The summed E-state index contributed by atoms with van der Waals surface area (Å²) in [5, 5.41) is 0. The molecule has 0 radical (unpaired) electrons. The van der Waals surface area contributed by atoms with Crippen molar-refractivity contribution in [2.24, 2.45) is 5.73 Å². The molecule has 0 heterocycles. The Hall–Kier alpha value is -1.75. The second-order valence-corrected chi connectivity index (χ2v) is 2.40. The van der Waals surface area contributed by atoms with E-state index in [2.05, 4.69) is 5.92 Å². The van der Waals surface area contributed by atoms with E-state index >= 15 is 0 Å². The molecule has 0 fully saturated rings. The van der Waals surface area contributed by atoms with Crippen molar-refractivity contribution in [3.8, 4) is 12.3 Å². The van der Waals surface area contributed by atoms with E-state index in [0.29, 0.717) is 12.0 Å². The quantitative estimate of drug-likeness (QED) is 0.642. The van der Waals surface area contributed by atoms with Gasteiger partial charge in [-0.2, -0.15) is 0 Å². The van der Waals surface area contributed by atoms with Crippen molar-refractivity contribution in [3.05, 3.63) is 35.4 Å². The smallest absolute Gasteiger partial charge is 0.249 e. The molecular formula is C10H9NO. The van der Waals surface area contributed by atoms with Gasteiger partial charge in [0.2, 0.25) is 5.91 Å². The van der Waals surface area contributed by atoms with Crippen LogP contribution in [0.3, 0.4) is 0 Å². The van der Waals surface area contributed by atoms with Crippen LogP contribution in [0, 0.1) is 12.3 Å². The summed E-state index contributed by atoms with van der Waals surface area (Å²) in [5.74, 6) is 2.04. The summed E-state index contributed by atoms with van der Waals surface area (Å²) in [6, 6.07) is 7.08. The molecule has 0 aliphatic rings. The lowest BCUT2D eigenvalue weighted by atomic mass is 10.0. The minimum absolute atomic E-state index is 0.430. The number of carbonyl (C=O) groups is 1. The number of hydrogen-bond donors (Lipinski definition) is 1. The van der Waals surface area contributed by atoms with Crippen LogP contribution in [0.15, 0.2) is 24.3 Å². The van der Waals surface area contributed by atoms with Crippen LogP contribution in [0.25, 0.3) is 0 Å². The second kappa shape index (κ2) is 3.59. The normalized spacial score (nSPS) is 8.92. The van der Waals surface area contributed by atoms with Crippen LogP contribution >= 0.6 is 0 Å². The Morgan fingerprint density at radius 2 is 2.17 bits per heavy atom. The number of benzene rings is 1. The minimum atomic E-state index is -0.430. The molecule has 0 aromatic heterocycles. The van der Waals surface area contributed by atoms with E-state index in [1.54, 1.807) is 18.2 Å². The molecule has 0 aliphatic heterocycles. The van der Waals surface area contributed by atoms with E-state index < -0.39 is 5.91 Å². The lowest BCUT2D eigenvalue weighted by molar-refractivity contribution is 0.0999. The summed E-state index contributed by atoms with van der Waals surface area (Å²) in [6.07, 6.45) is 5.57. The predicted octanol–water partition coefficient (Wildman–Crippen LogP) is 0.961. The van der Waals surface area contributed by atoms with E-state index in [0.717, 1.165) is 5.56 Å². The zero-order valence-corrected chi connectivity index (χ0v) is 6.58. The first kappa shape index (κ1) is 8.35. The van der Waals surface area contributed by atoms with Crippen LogP contribution in [0.5, 0.6) is 0 Å². The molecule has 2 nitrogen and oxygen atoms in total. The molecule has 12 heavy (non-hydrogen) atoms. The Balaban J connectivity index is 3.10. The Labute approximate surface area is 71.4 Å². The van der Waals surface area contributed by atoms with Gasteiger partial charge >= 0.3 is 0 Å². The maximum absolute atomic E-state index is 10.9. The highest BCUT2D eigenvalue weighted by Gasteiger charge is 2.04. The Bertz CT molecular complexity index is 336. The lowest BCUT2D eigenvalue weighted by Gasteiger charge is -2.01. The van der Waals surface area contributed by atoms with Crippen molar-refractivity contribution in [3.63, 3.8) is 0 Å². The number of rotatable bonds is 2. The summed E-state index contributed by atoms with van der Waals surface area (Å²) in [5.41, 5.74) is 6.46. The summed E-state index contributed by atoms with van der Waals surface area (Å²) < 4.78 is 0. The first-order valence-electron chi connectivity index (χ1n) is 3.57. The van der Waals surface area contributed by atoms with Gasteiger partial charge in [0.15, 0.2) is 0 Å². The standard InChI is InChI=1S/C10H9NO/c1-2-5-8-6-3-4-7-9(8)10(11)12/h1,3-4,6-7H,5H2,(H2,11,12). The van der Waals surface area contributed by atoms with Crippen molar-refractivity contribution in [2.45, 2.75) is 6.42 Å². The molecule has 1 aromatic rings. The average Bonchev–Trinajstić information content (AvgIpc) is 2.05. The highest BCUT2D eigenvalue weighted by Crippen LogP contribution is 2.07. The highest BCUT2D eigenvalue weighted by atomic mass is 16.1. The zero-order chi connectivity index (χ0) is 8.97. The molecule has 1 amide bonds. The SMILES string of the molecule is C#CCc1ccccc1C(N)=O. The van der Waals surface area contributed by atoms with Crippen molar-refractivity contribution in [2.75, 3.05) is 0 Å². The van der Waals surface area contributed by atoms with Crippen LogP contribution < -0.4 is 5.73 Å². The van der Waals surface area contributed by atoms with Gasteiger partial charge < -0.3 is 5.73 Å². The number of carbonyl (C=O) groups excluding carboxylic acids is 1. The van der Waals surface area contributed by atoms with Gasteiger partial charge in [0, 0.05) is 12.0 Å². The highest BCUT2D eigenvalue weighted by molar-refractivity contribution is 5.94. The Kier molecular flexibility index (Phi) is 2.49. The van der Waals surface area contributed by atoms with Gasteiger partial charge in [0.25, 0.3) is 0 Å².